The van der Waals surface area contributed by atoms with Crippen molar-refractivity contribution < 1.29 is 9.13 Å². The van der Waals surface area contributed by atoms with Crippen molar-refractivity contribution in [3.8, 4) is 11.8 Å². The van der Waals surface area contributed by atoms with Crippen LogP contribution < -0.4 is 15.0 Å². The molecule has 3 aromatic rings. The van der Waals surface area contributed by atoms with Gasteiger partial charge in [-0.3, -0.25) is 0 Å². The van der Waals surface area contributed by atoms with Gasteiger partial charge in [-0.05, 0) is 57.6 Å². The van der Waals surface area contributed by atoms with Crippen LogP contribution in [0.3, 0.4) is 0 Å². The minimum atomic E-state index is -0.502. The Morgan fingerprint density at radius 2 is 1.91 bits per heavy atom. The largest absolute Gasteiger partial charge is 0.421 e. The van der Waals surface area contributed by atoms with Crippen molar-refractivity contribution in [1.82, 2.24) is 24.7 Å². The molecule has 33 heavy (non-hydrogen) atoms. The zero-order chi connectivity index (χ0) is 23.1. The third kappa shape index (κ3) is 4.46. The summed E-state index contributed by atoms with van der Waals surface area (Å²) in [5, 5.41) is 8.56. The van der Waals surface area contributed by atoms with Crippen LogP contribution in [0.1, 0.15) is 38.4 Å². The Balaban J connectivity index is 1.34. The second kappa shape index (κ2) is 8.78. The van der Waals surface area contributed by atoms with Gasteiger partial charge in [0.1, 0.15) is 12.1 Å². The highest BCUT2D eigenvalue weighted by Gasteiger charge is 2.43. The van der Waals surface area contributed by atoms with E-state index in [0.29, 0.717) is 22.8 Å². The molecular weight excluding hydrogens is 445 g/mol. The lowest BCUT2D eigenvalue weighted by atomic mass is 9.92. The van der Waals surface area contributed by atoms with Crippen molar-refractivity contribution in [2.45, 2.75) is 45.7 Å². The molecule has 10 heteroatoms. The number of aryl methyl sites for hydroxylation is 1. The van der Waals surface area contributed by atoms with E-state index in [1.165, 1.54) is 18.2 Å². The maximum Gasteiger partial charge on any atom is 0.322 e. The molecule has 1 aliphatic heterocycles. The lowest BCUT2D eigenvalue weighted by molar-refractivity contribution is 0.360. The number of ether oxygens (including phenoxy) is 1. The van der Waals surface area contributed by atoms with Crippen LogP contribution in [0.5, 0.6) is 11.8 Å². The minimum Gasteiger partial charge on any atom is -0.421 e. The molecule has 1 aliphatic carbocycles. The zero-order valence-electron chi connectivity index (χ0n) is 18.9. The summed E-state index contributed by atoms with van der Waals surface area (Å²) in [5.74, 6) is 1.92. The van der Waals surface area contributed by atoms with E-state index in [1.807, 2.05) is 26.8 Å². The van der Waals surface area contributed by atoms with E-state index in [4.69, 9.17) is 16.3 Å². The molecule has 174 valence electrons. The summed E-state index contributed by atoms with van der Waals surface area (Å²) in [4.78, 5) is 15.6. The normalized spacial score (nSPS) is 22.1. The first-order valence-corrected chi connectivity index (χ1v) is 11.6. The number of rotatable bonds is 6. The fourth-order valence-corrected chi connectivity index (χ4v) is 5.00. The quantitative estimate of drug-likeness (QED) is 0.549. The monoisotopic (exact) mass is 471 g/mol. The topological polar surface area (TPSA) is 81.0 Å². The van der Waals surface area contributed by atoms with Crippen molar-refractivity contribution in [1.29, 1.82) is 0 Å². The van der Waals surface area contributed by atoms with Gasteiger partial charge >= 0.3 is 6.01 Å². The van der Waals surface area contributed by atoms with Crippen molar-refractivity contribution in [3.05, 3.63) is 47.1 Å². The first kappa shape index (κ1) is 21.9. The van der Waals surface area contributed by atoms with Crippen LogP contribution in [-0.2, 0) is 0 Å². The molecular formula is C23H27ClFN7O. The fourth-order valence-electron chi connectivity index (χ4n) is 4.84. The number of aromatic nitrogens is 5. The van der Waals surface area contributed by atoms with Gasteiger partial charge in [0.15, 0.2) is 11.6 Å². The van der Waals surface area contributed by atoms with Gasteiger partial charge in [0.05, 0.1) is 6.04 Å². The van der Waals surface area contributed by atoms with Gasteiger partial charge in [-0.1, -0.05) is 11.6 Å². The zero-order valence-corrected chi connectivity index (χ0v) is 19.6. The molecule has 5 rings (SSSR count). The predicted molar refractivity (Wildman–Crippen MR) is 124 cm³/mol. The van der Waals surface area contributed by atoms with Crippen LogP contribution in [0, 0.1) is 24.6 Å². The van der Waals surface area contributed by atoms with E-state index in [0.717, 1.165) is 37.4 Å². The van der Waals surface area contributed by atoms with Gasteiger partial charge in [0.25, 0.3) is 0 Å². The number of hydrogen-bond acceptors (Lipinski definition) is 7. The summed E-state index contributed by atoms with van der Waals surface area (Å²) in [7, 11) is 0. The molecule has 3 heterocycles. The Hall–Kier alpha value is -2.94. The molecule has 0 radical (unpaired) electrons. The molecule has 1 N–H and O–H groups in total. The standard InChI is InChI=1S/C23H27ClFN7O/c1-13(2)32-23(33-19-9-17(24)6-7-18(19)25)29-22(30-32)28-21-15-4-5-16(21)11-31(10-15)20-8-14(3)26-12-27-20/h6-9,12-13,15-16,21H,4-5,10-11H2,1-3H3,(H,28,30)/t15-,16+,21?. The van der Waals surface area contributed by atoms with E-state index in [2.05, 4.69) is 30.3 Å². The van der Waals surface area contributed by atoms with Gasteiger partial charge in [-0.25, -0.2) is 19.0 Å². The fraction of sp³-hybridized carbons (Fsp3) is 0.478. The third-order valence-electron chi connectivity index (χ3n) is 6.43. The summed E-state index contributed by atoms with van der Waals surface area (Å²) < 4.78 is 21.6. The van der Waals surface area contributed by atoms with E-state index in [9.17, 15) is 4.39 Å². The Morgan fingerprint density at radius 1 is 1.15 bits per heavy atom. The number of piperidine rings is 1. The molecule has 1 unspecified atom stereocenters. The Labute approximate surface area is 197 Å². The molecule has 1 saturated carbocycles. The Morgan fingerprint density at radius 3 is 2.61 bits per heavy atom. The highest BCUT2D eigenvalue weighted by molar-refractivity contribution is 6.30. The lowest BCUT2D eigenvalue weighted by Crippen LogP contribution is -2.48. The van der Waals surface area contributed by atoms with Crippen LogP contribution >= 0.6 is 11.6 Å². The van der Waals surface area contributed by atoms with Gasteiger partial charge in [-0.15, -0.1) is 5.10 Å². The van der Waals surface area contributed by atoms with E-state index < -0.39 is 5.82 Å². The molecule has 0 spiro atoms. The van der Waals surface area contributed by atoms with Crippen LogP contribution in [0.2, 0.25) is 5.02 Å². The average Bonchev–Trinajstić information content (AvgIpc) is 3.27. The molecule has 2 aromatic heterocycles. The van der Waals surface area contributed by atoms with Crippen LogP contribution in [0.25, 0.3) is 0 Å². The van der Waals surface area contributed by atoms with Gasteiger partial charge < -0.3 is 15.0 Å². The SMILES string of the molecule is Cc1cc(N2C[C@H]3CC[C@@H](C2)C3Nc2nc(Oc3cc(Cl)ccc3F)n(C(C)C)n2)ncn1. The first-order chi connectivity index (χ1) is 15.9. The lowest BCUT2D eigenvalue weighted by Gasteiger charge is -2.38. The molecule has 3 atom stereocenters. The minimum absolute atomic E-state index is 0.00938. The summed E-state index contributed by atoms with van der Waals surface area (Å²) in [6.07, 6.45) is 3.92. The number of nitrogens with zero attached hydrogens (tertiary/aromatic N) is 6. The number of hydrogen-bond donors (Lipinski definition) is 1. The van der Waals surface area contributed by atoms with Crippen LogP contribution in [0.15, 0.2) is 30.6 Å². The van der Waals surface area contributed by atoms with Crippen molar-refractivity contribution in [2.75, 3.05) is 23.3 Å². The highest BCUT2D eigenvalue weighted by Crippen LogP contribution is 2.40. The summed E-state index contributed by atoms with van der Waals surface area (Å²) in [6, 6.07) is 6.72. The number of anilines is 2. The smallest absolute Gasteiger partial charge is 0.322 e. The summed E-state index contributed by atoms with van der Waals surface area (Å²) >= 11 is 6.01. The molecule has 8 nitrogen and oxygen atoms in total. The van der Waals surface area contributed by atoms with Crippen molar-refractivity contribution in [2.24, 2.45) is 11.8 Å². The molecule has 0 amide bonds. The second-order valence-electron chi connectivity index (χ2n) is 9.12. The Bertz CT molecular complexity index is 1140. The number of halogens is 2. The van der Waals surface area contributed by atoms with Crippen LogP contribution in [0.4, 0.5) is 16.2 Å². The molecule has 2 aliphatic rings. The van der Waals surface area contributed by atoms with Gasteiger partial charge in [-0.2, -0.15) is 4.98 Å². The van der Waals surface area contributed by atoms with E-state index in [-0.39, 0.29) is 23.8 Å². The summed E-state index contributed by atoms with van der Waals surface area (Å²) in [6.45, 7) is 7.79. The molecule has 2 bridgehead atoms. The average molecular weight is 472 g/mol. The number of benzene rings is 1. The number of fused-ring (bicyclic) bond motifs is 2. The van der Waals surface area contributed by atoms with Gasteiger partial charge in [0, 0.05) is 42.0 Å². The van der Waals surface area contributed by atoms with Crippen molar-refractivity contribution >= 4 is 23.4 Å². The Kier molecular flexibility index (Phi) is 5.82. The van der Waals surface area contributed by atoms with Crippen LogP contribution in [-0.4, -0.2) is 43.9 Å². The van der Waals surface area contributed by atoms with Crippen molar-refractivity contribution in [3.63, 3.8) is 0 Å². The third-order valence-corrected chi connectivity index (χ3v) is 6.66. The molecule has 1 aromatic carbocycles. The highest BCUT2D eigenvalue weighted by atomic mass is 35.5. The van der Waals surface area contributed by atoms with Gasteiger partial charge in [0.2, 0.25) is 5.95 Å². The maximum atomic E-state index is 14.2. The molecule has 2 fully saturated rings. The van der Waals surface area contributed by atoms with E-state index in [1.54, 1.807) is 11.0 Å². The summed E-state index contributed by atoms with van der Waals surface area (Å²) in [5.41, 5.74) is 0.972. The predicted octanol–water partition coefficient (Wildman–Crippen LogP) is 4.87. The van der Waals surface area contributed by atoms with E-state index >= 15 is 0 Å². The first-order valence-electron chi connectivity index (χ1n) is 11.3. The number of nitrogens with one attached hydrogen (secondary N) is 1. The molecule has 1 saturated heterocycles. The second-order valence-corrected chi connectivity index (χ2v) is 9.56. The maximum absolute atomic E-state index is 14.2.